The highest BCUT2D eigenvalue weighted by atomic mass is 16.5. The molecule has 4 nitrogen and oxygen atoms in total. The molecule has 0 bridgehead atoms. The van der Waals surface area contributed by atoms with E-state index in [-0.39, 0.29) is 12.1 Å². The van der Waals surface area contributed by atoms with E-state index in [0.717, 1.165) is 0 Å². The molecule has 82 valence electrons. The molecule has 0 aromatic heterocycles. The van der Waals surface area contributed by atoms with Gasteiger partial charge in [0.15, 0.2) is 0 Å². The summed E-state index contributed by atoms with van der Waals surface area (Å²) in [7, 11) is 0. The van der Waals surface area contributed by atoms with Crippen molar-refractivity contribution in [2.24, 2.45) is 5.92 Å². The van der Waals surface area contributed by atoms with Crippen LogP contribution >= 0.6 is 0 Å². The minimum atomic E-state index is -0.519. The Morgan fingerprint density at radius 2 is 1.93 bits per heavy atom. The van der Waals surface area contributed by atoms with Gasteiger partial charge in [0.25, 0.3) is 0 Å². The van der Waals surface area contributed by atoms with E-state index in [0.29, 0.717) is 18.7 Å². The maximum atomic E-state index is 11.4. The van der Waals surface area contributed by atoms with Gasteiger partial charge in [0.2, 0.25) is 6.41 Å². The molecule has 0 aromatic rings. The van der Waals surface area contributed by atoms with Crippen LogP contribution in [0.15, 0.2) is 0 Å². The summed E-state index contributed by atoms with van der Waals surface area (Å²) in [6, 6.07) is -0.519. The average molecular weight is 201 g/mol. The highest BCUT2D eigenvalue weighted by Crippen LogP contribution is 2.06. The van der Waals surface area contributed by atoms with Crippen LogP contribution in [0, 0.1) is 5.92 Å². The van der Waals surface area contributed by atoms with E-state index in [4.69, 9.17) is 4.74 Å². The third kappa shape index (κ3) is 5.56. The SMILES string of the molecule is CC(C)C[C@H](NC=O)C(=O)OC(C)C. The number of esters is 1. The lowest BCUT2D eigenvalue weighted by Gasteiger charge is -2.18. The number of rotatable bonds is 6. The Morgan fingerprint density at radius 1 is 1.36 bits per heavy atom. The van der Waals surface area contributed by atoms with Crippen LogP contribution in [0.2, 0.25) is 0 Å². The fourth-order valence-electron chi connectivity index (χ4n) is 1.10. The molecule has 14 heavy (non-hydrogen) atoms. The normalized spacial score (nSPS) is 12.7. The second kappa shape index (κ2) is 6.40. The number of amides is 1. The second-order valence-corrected chi connectivity index (χ2v) is 3.95. The van der Waals surface area contributed by atoms with Crippen molar-refractivity contribution in [1.82, 2.24) is 5.32 Å². The lowest BCUT2D eigenvalue weighted by molar-refractivity contribution is -0.151. The van der Waals surface area contributed by atoms with E-state index in [9.17, 15) is 9.59 Å². The van der Waals surface area contributed by atoms with Gasteiger partial charge in [-0.15, -0.1) is 0 Å². The Balaban J connectivity index is 4.17. The quantitative estimate of drug-likeness (QED) is 0.517. The standard InChI is InChI=1S/C10H19NO3/c1-7(2)5-9(11-6-12)10(13)14-8(3)4/h6-9H,5H2,1-4H3,(H,11,12)/t9-/m0/s1. The van der Waals surface area contributed by atoms with Gasteiger partial charge in [-0.3, -0.25) is 4.79 Å². The molecule has 0 aliphatic carbocycles. The van der Waals surface area contributed by atoms with Crippen molar-refractivity contribution in [2.45, 2.75) is 46.3 Å². The van der Waals surface area contributed by atoms with Crippen molar-refractivity contribution in [3.05, 3.63) is 0 Å². The van der Waals surface area contributed by atoms with Crippen LogP contribution in [0.4, 0.5) is 0 Å². The maximum Gasteiger partial charge on any atom is 0.328 e. The molecule has 0 aliphatic heterocycles. The number of hydrogen-bond acceptors (Lipinski definition) is 3. The van der Waals surface area contributed by atoms with Crippen LogP contribution < -0.4 is 5.32 Å². The van der Waals surface area contributed by atoms with Crippen LogP contribution in [0.25, 0.3) is 0 Å². The first-order valence-corrected chi connectivity index (χ1v) is 4.87. The summed E-state index contributed by atoms with van der Waals surface area (Å²) in [4.78, 5) is 21.7. The van der Waals surface area contributed by atoms with E-state index in [2.05, 4.69) is 5.32 Å². The van der Waals surface area contributed by atoms with Crippen molar-refractivity contribution in [3.8, 4) is 0 Å². The Kier molecular flexibility index (Phi) is 5.92. The molecule has 1 N–H and O–H groups in total. The lowest BCUT2D eigenvalue weighted by Crippen LogP contribution is -2.39. The van der Waals surface area contributed by atoms with Gasteiger partial charge in [-0.05, 0) is 26.2 Å². The summed E-state index contributed by atoms with van der Waals surface area (Å²) in [6.45, 7) is 7.54. The number of nitrogens with one attached hydrogen (secondary N) is 1. The monoisotopic (exact) mass is 201 g/mol. The van der Waals surface area contributed by atoms with E-state index < -0.39 is 6.04 Å². The summed E-state index contributed by atoms with van der Waals surface area (Å²) in [5.41, 5.74) is 0. The van der Waals surface area contributed by atoms with Gasteiger partial charge in [0.05, 0.1) is 6.10 Å². The summed E-state index contributed by atoms with van der Waals surface area (Å²) >= 11 is 0. The molecular formula is C10H19NO3. The van der Waals surface area contributed by atoms with Gasteiger partial charge in [-0.25, -0.2) is 4.79 Å². The first-order valence-electron chi connectivity index (χ1n) is 4.87. The van der Waals surface area contributed by atoms with E-state index in [1.54, 1.807) is 13.8 Å². The summed E-state index contributed by atoms with van der Waals surface area (Å²) in [6.07, 6.45) is 0.990. The molecule has 1 amide bonds. The van der Waals surface area contributed by atoms with Crippen LogP contribution in [0.3, 0.4) is 0 Å². The zero-order chi connectivity index (χ0) is 11.1. The highest BCUT2D eigenvalue weighted by Gasteiger charge is 2.21. The Morgan fingerprint density at radius 3 is 2.29 bits per heavy atom. The summed E-state index contributed by atoms with van der Waals surface area (Å²) in [5.74, 6) is -0.0204. The highest BCUT2D eigenvalue weighted by molar-refractivity contribution is 5.78. The number of carbonyl (C=O) groups excluding carboxylic acids is 2. The average Bonchev–Trinajstić information content (AvgIpc) is 2.01. The molecule has 0 aliphatic rings. The lowest BCUT2D eigenvalue weighted by atomic mass is 10.0. The second-order valence-electron chi connectivity index (χ2n) is 3.95. The van der Waals surface area contributed by atoms with Crippen molar-refractivity contribution in [3.63, 3.8) is 0 Å². The molecule has 0 radical (unpaired) electrons. The first kappa shape index (κ1) is 12.9. The third-order valence-electron chi connectivity index (χ3n) is 1.61. The largest absolute Gasteiger partial charge is 0.461 e. The molecule has 0 saturated heterocycles. The van der Waals surface area contributed by atoms with Crippen molar-refractivity contribution >= 4 is 12.4 Å². The number of hydrogen-bond donors (Lipinski definition) is 1. The van der Waals surface area contributed by atoms with Crippen molar-refractivity contribution < 1.29 is 14.3 Å². The fourth-order valence-corrected chi connectivity index (χ4v) is 1.10. The van der Waals surface area contributed by atoms with Gasteiger partial charge in [-0.1, -0.05) is 13.8 Å². The molecule has 0 saturated carbocycles. The van der Waals surface area contributed by atoms with Crippen molar-refractivity contribution in [2.75, 3.05) is 0 Å². The number of ether oxygens (including phenoxy) is 1. The van der Waals surface area contributed by atoms with Crippen molar-refractivity contribution in [1.29, 1.82) is 0 Å². The van der Waals surface area contributed by atoms with Crippen LogP contribution in [0.1, 0.15) is 34.1 Å². The zero-order valence-electron chi connectivity index (χ0n) is 9.24. The molecular weight excluding hydrogens is 182 g/mol. The minimum Gasteiger partial charge on any atom is -0.461 e. The molecule has 0 rings (SSSR count). The third-order valence-corrected chi connectivity index (χ3v) is 1.61. The predicted octanol–water partition coefficient (Wildman–Crippen LogP) is 1.10. The Hall–Kier alpha value is -1.06. The van der Waals surface area contributed by atoms with Gasteiger partial charge in [-0.2, -0.15) is 0 Å². The van der Waals surface area contributed by atoms with Gasteiger partial charge in [0.1, 0.15) is 6.04 Å². The smallest absolute Gasteiger partial charge is 0.328 e. The summed E-state index contributed by atoms with van der Waals surface area (Å²) in [5, 5.41) is 2.46. The zero-order valence-corrected chi connectivity index (χ0v) is 9.24. The van der Waals surface area contributed by atoms with Gasteiger partial charge >= 0.3 is 5.97 Å². The molecule has 4 heteroatoms. The first-order chi connectivity index (χ1) is 6.47. The Labute approximate surface area is 85.0 Å². The van der Waals surface area contributed by atoms with E-state index in [1.165, 1.54) is 0 Å². The molecule has 0 spiro atoms. The molecule has 1 atom stereocenters. The number of carbonyl (C=O) groups is 2. The van der Waals surface area contributed by atoms with Crippen LogP contribution in [0.5, 0.6) is 0 Å². The molecule has 0 aromatic carbocycles. The molecule has 0 fully saturated rings. The molecule has 0 heterocycles. The van der Waals surface area contributed by atoms with Crippen LogP contribution in [-0.4, -0.2) is 24.5 Å². The fraction of sp³-hybridized carbons (Fsp3) is 0.800. The Bertz CT molecular complexity index is 190. The summed E-state index contributed by atoms with van der Waals surface area (Å²) < 4.78 is 5.01. The van der Waals surface area contributed by atoms with E-state index >= 15 is 0 Å². The minimum absolute atomic E-state index is 0.148. The van der Waals surface area contributed by atoms with Gasteiger partial charge in [0, 0.05) is 0 Å². The topological polar surface area (TPSA) is 55.4 Å². The van der Waals surface area contributed by atoms with E-state index in [1.807, 2.05) is 13.8 Å². The van der Waals surface area contributed by atoms with Crippen LogP contribution in [-0.2, 0) is 14.3 Å². The molecule has 0 unspecified atom stereocenters. The predicted molar refractivity (Wildman–Crippen MR) is 53.7 cm³/mol. The maximum absolute atomic E-state index is 11.4. The van der Waals surface area contributed by atoms with Gasteiger partial charge < -0.3 is 10.1 Å².